The van der Waals surface area contributed by atoms with Crippen LogP contribution in [0.2, 0.25) is 5.02 Å². The molecule has 7 heteroatoms. The summed E-state index contributed by atoms with van der Waals surface area (Å²) in [7, 11) is 0. The van der Waals surface area contributed by atoms with Crippen LogP contribution in [-0.2, 0) is 11.4 Å². The van der Waals surface area contributed by atoms with Crippen LogP contribution in [0.1, 0.15) is 48.9 Å². The number of ether oxygens (including phenoxy) is 1. The van der Waals surface area contributed by atoms with Crippen molar-refractivity contribution in [3.8, 4) is 5.75 Å². The highest BCUT2D eigenvalue weighted by molar-refractivity contribution is 8.18. The SMILES string of the molecule is Cc1cccc(/N=C2/S/C(=C\c3ccccc3OCc3ccc(Cl)cc3)C(=O)N2C2CCCCC2)n1. The van der Waals surface area contributed by atoms with E-state index in [1.807, 2.05) is 84.6 Å². The molecule has 0 radical (unpaired) electrons. The van der Waals surface area contributed by atoms with Gasteiger partial charge in [0.1, 0.15) is 12.4 Å². The van der Waals surface area contributed by atoms with Gasteiger partial charge in [-0.05, 0) is 73.5 Å². The second-order valence-corrected chi connectivity index (χ2v) is 10.5. The Labute approximate surface area is 221 Å². The van der Waals surface area contributed by atoms with Gasteiger partial charge in [0.2, 0.25) is 0 Å². The molecule has 1 saturated heterocycles. The first kappa shape index (κ1) is 24.6. The number of aliphatic imine (C=N–C) groups is 1. The van der Waals surface area contributed by atoms with Crippen LogP contribution in [0, 0.1) is 6.92 Å². The molecular weight excluding hydrogens is 490 g/mol. The van der Waals surface area contributed by atoms with Gasteiger partial charge in [-0.2, -0.15) is 0 Å². The van der Waals surface area contributed by atoms with Crippen molar-refractivity contribution in [1.82, 2.24) is 9.88 Å². The zero-order valence-corrected chi connectivity index (χ0v) is 21.8. The number of carbonyl (C=O) groups is 1. The first-order valence-corrected chi connectivity index (χ1v) is 13.5. The normalized spacial score (nSPS) is 18.8. The van der Waals surface area contributed by atoms with E-state index in [4.69, 9.17) is 21.3 Å². The summed E-state index contributed by atoms with van der Waals surface area (Å²) in [6, 6.07) is 21.3. The lowest BCUT2D eigenvalue weighted by molar-refractivity contribution is -0.124. The number of amides is 1. The van der Waals surface area contributed by atoms with Gasteiger partial charge >= 0.3 is 0 Å². The molecule has 2 aromatic carbocycles. The van der Waals surface area contributed by atoms with E-state index in [2.05, 4.69) is 4.98 Å². The third kappa shape index (κ3) is 5.82. The Morgan fingerprint density at radius 2 is 1.83 bits per heavy atom. The van der Waals surface area contributed by atoms with Gasteiger partial charge in [0, 0.05) is 22.3 Å². The summed E-state index contributed by atoms with van der Waals surface area (Å²) < 4.78 is 6.13. The Balaban J connectivity index is 1.43. The smallest absolute Gasteiger partial charge is 0.267 e. The predicted octanol–water partition coefficient (Wildman–Crippen LogP) is 7.56. The second kappa shape index (κ2) is 11.3. The van der Waals surface area contributed by atoms with Gasteiger partial charge in [-0.15, -0.1) is 0 Å². The molecule has 1 saturated carbocycles. The van der Waals surface area contributed by atoms with Crippen LogP contribution < -0.4 is 4.74 Å². The zero-order valence-electron chi connectivity index (χ0n) is 20.2. The van der Waals surface area contributed by atoms with E-state index in [1.165, 1.54) is 18.2 Å². The van der Waals surface area contributed by atoms with E-state index >= 15 is 0 Å². The maximum absolute atomic E-state index is 13.7. The molecule has 0 spiro atoms. The molecular formula is C29H28ClN3O2S. The van der Waals surface area contributed by atoms with Crippen molar-refractivity contribution in [2.45, 2.75) is 51.7 Å². The Hall–Kier alpha value is -3.09. The average molecular weight is 518 g/mol. The molecule has 1 aromatic heterocycles. The van der Waals surface area contributed by atoms with Crippen LogP contribution in [-0.4, -0.2) is 27.0 Å². The molecule has 5 rings (SSSR count). The fourth-order valence-corrected chi connectivity index (χ4v) is 5.69. The molecule has 2 aliphatic rings. The highest BCUT2D eigenvalue weighted by Gasteiger charge is 2.38. The van der Waals surface area contributed by atoms with E-state index in [1.54, 1.807) is 0 Å². The molecule has 0 bridgehead atoms. The number of carbonyl (C=O) groups excluding carboxylic acids is 1. The topological polar surface area (TPSA) is 54.8 Å². The summed E-state index contributed by atoms with van der Waals surface area (Å²) in [6.45, 7) is 2.36. The number of nitrogens with zero attached hydrogens (tertiary/aromatic N) is 3. The molecule has 1 amide bonds. The minimum atomic E-state index is 0.00538. The lowest BCUT2D eigenvalue weighted by Gasteiger charge is -2.30. The van der Waals surface area contributed by atoms with Crippen LogP contribution in [0.25, 0.3) is 6.08 Å². The molecule has 2 fully saturated rings. The van der Waals surface area contributed by atoms with Gasteiger partial charge < -0.3 is 4.74 Å². The monoisotopic (exact) mass is 517 g/mol. The number of hydrogen-bond acceptors (Lipinski definition) is 5. The number of aromatic nitrogens is 1. The van der Waals surface area contributed by atoms with Gasteiger partial charge in [-0.3, -0.25) is 9.69 Å². The van der Waals surface area contributed by atoms with Crippen molar-refractivity contribution >= 4 is 46.3 Å². The molecule has 0 atom stereocenters. The third-order valence-electron chi connectivity index (χ3n) is 6.37. The Kier molecular flexibility index (Phi) is 7.73. The molecule has 2 heterocycles. The van der Waals surface area contributed by atoms with Crippen LogP contribution >= 0.6 is 23.4 Å². The van der Waals surface area contributed by atoms with Crippen molar-refractivity contribution in [2.75, 3.05) is 0 Å². The average Bonchev–Trinajstić information content (AvgIpc) is 3.19. The first-order valence-electron chi connectivity index (χ1n) is 12.3. The predicted molar refractivity (Wildman–Crippen MR) is 148 cm³/mol. The van der Waals surface area contributed by atoms with Crippen LogP contribution in [0.5, 0.6) is 5.75 Å². The Bertz CT molecular complexity index is 1300. The molecule has 3 aromatic rings. The molecule has 1 aliphatic carbocycles. The van der Waals surface area contributed by atoms with E-state index in [9.17, 15) is 4.79 Å². The number of amidine groups is 1. The van der Waals surface area contributed by atoms with Crippen LogP contribution in [0.3, 0.4) is 0 Å². The number of thioether (sulfide) groups is 1. The molecule has 184 valence electrons. The van der Waals surface area contributed by atoms with Crippen molar-refractivity contribution in [2.24, 2.45) is 4.99 Å². The number of pyridine rings is 1. The molecule has 36 heavy (non-hydrogen) atoms. The number of aryl methyl sites for hydroxylation is 1. The minimum absolute atomic E-state index is 0.00538. The quantitative estimate of drug-likeness (QED) is 0.316. The first-order chi connectivity index (χ1) is 17.6. The summed E-state index contributed by atoms with van der Waals surface area (Å²) >= 11 is 7.42. The van der Waals surface area contributed by atoms with E-state index in [0.717, 1.165) is 48.3 Å². The molecule has 1 aliphatic heterocycles. The van der Waals surface area contributed by atoms with Crippen molar-refractivity contribution in [3.05, 3.63) is 93.5 Å². The van der Waals surface area contributed by atoms with Gasteiger partial charge in [-0.1, -0.05) is 67.3 Å². The summed E-state index contributed by atoms with van der Waals surface area (Å²) in [5, 5.41) is 1.40. The van der Waals surface area contributed by atoms with Gasteiger partial charge in [0.15, 0.2) is 11.0 Å². The summed E-state index contributed by atoms with van der Waals surface area (Å²) in [4.78, 5) is 25.6. The summed E-state index contributed by atoms with van der Waals surface area (Å²) in [6.07, 6.45) is 7.41. The number of halogens is 1. The molecule has 0 unspecified atom stereocenters. The maximum atomic E-state index is 13.7. The maximum Gasteiger partial charge on any atom is 0.267 e. The highest BCUT2D eigenvalue weighted by atomic mass is 35.5. The van der Waals surface area contributed by atoms with E-state index < -0.39 is 0 Å². The summed E-state index contributed by atoms with van der Waals surface area (Å²) in [5.41, 5.74) is 2.79. The lowest BCUT2D eigenvalue weighted by atomic mass is 9.94. The standard InChI is InChI=1S/C29H28ClN3O2S/c1-20-8-7-13-27(31-20)32-29-33(24-10-3-2-4-11-24)28(34)26(36-29)18-22-9-5-6-12-25(22)35-19-21-14-16-23(30)17-15-21/h5-9,12-18,24H,2-4,10-11,19H2,1H3/b26-18-,32-29+. The molecule has 0 N–H and O–H groups in total. The second-order valence-electron chi connectivity index (χ2n) is 9.06. The fourth-order valence-electron chi connectivity index (χ4n) is 4.53. The van der Waals surface area contributed by atoms with E-state index in [-0.39, 0.29) is 11.9 Å². The van der Waals surface area contributed by atoms with Crippen molar-refractivity contribution in [1.29, 1.82) is 0 Å². The largest absolute Gasteiger partial charge is 0.488 e. The fraction of sp³-hybridized carbons (Fsp3) is 0.276. The number of rotatable bonds is 6. The highest BCUT2D eigenvalue weighted by Crippen LogP contribution is 2.39. The number of para-hydroxylation sites is 1. The Morgan fingerprint density at radius 3 is 2.61 bits per heavy atom. The lowest BCUT2D eigenvalue weighted by Crippen LogP contribution is -2.40. The van der Waals surface area contributed by atoms with Crippen molar-refractivity contribution in [3.63, 3.8) is 0 Å². The van der Waals surface area contributed by atoms with Gasteiger partial charge in [0.05, 0.1) is 4.91 Å². The van der Waals surface area contributed by atoms with Crippen molar-refractivity contribution < 1.29 is 9.53 Å². The third-order valence-corrected chi connectivity index (χ3v) is 7.61. The minimum Gasteiger partial charge on any atom is -0.488 e. The number of benzene rings is 2. The number of hydrogen-bond donors (Lipinski definition) is 0. The van der Waals surface area contributed by atoms with Crippen LogP contribution in [0.4, 0.5) is 5.82 Å². The zero-order chi connectivity index (χ0) is 24.9. The summed E-state index contributed by atoms with van der Waals surface area (Å²) in [5.74, 6) is 1.35. The van der Waals surface area contributed by atoms with E-state index in [0.29, 0.717) is 27.5 Å². The van der Waals surface area contributed by atoms with Crippen LogP contribution in [0.15, 0.2) is 76.6 Å². The molecule has 5 nitrogen and oxygen atoms in total. The van der Waals surface area contributed by atoms with Gasteiger partial charge in [-0.25, -0.2) is 9.98 Å². The van der Waals surface area contributed by atoms with Gasteiger partial charge in [0.25, 0.3) is 5.91 Å². The Morgan fingerprint density at radius 1 is 1.06 bits per heavy atom.